The molecule has 8 heteroatoms. The molecule has 2 aromatic rings. The van der Waals surface area contributed by atoms with Gasteiger partial charge in [-0.2, -0.15) is 4.80 Å². The summed E-state index contributed by atoms with van der Waals surface area (Å²) in [5.74, 6) is 1.53. The van der Waals surface area contributed by atoms with Crippen LogP contribution in [0.4, 0.5) is 5.69 Å². The molecule has 3 N–H and O–H groups in total. The molecule has 2 rings (SSSR count). The van der Waals surface area contributed by atoms with E-state index in [0.717, 1.165) is 11.4 Å². The van der Waals surface area contributed by atoms with Crippen molar-refractivity contribution in [3.8, 4) is 5.75 Å². The zero-order chi connectivity index (χ0) is 13.7. The molecule has 0 saturated heterocycles. The number of methoxy groups -OCH3 is 1. The highest BCUT2D eigenvalue weighted by molar-refractivity contribution is 5.92. The summed E-state index contributed by atoms with van der Waals surface area (Å²) in [7, 11) is 3.30. The number of aliphatic imine (C=N–C) groups is 1. The van der Waals surface area contributed by atoms with Crippen molar-refractivity contribution in [1.82, 2.24) is 20.2 Å². The number of hydrogen-bond acceptors (Lipinski definition) is 5. The monoisotopic (exact) mass is 261 g/mol. The molecule has 0 aliphatic rings. The maximum atomic E-state index is 5.77. The van der Waals surface area contributed by atoms with E-state index in [1.165, 1.54) is 4.80 Å². The van der Waals surface area contributed by atoms with Gasteiger partial charge >= 0.3 is 0 Å². The largest absolute Gasteiger partial charge is 0.497 e. The van der Waals surface area contributed by atoms with Crippen LogP contribution in [0.3, 0.4) is 0 Å². The quantitative estimate of drug-likeness (QED) is 0.599. The van der Waals surface area contributed by atoms with Gasteiger partial charge in [-0.15, -0.1) is 10.2 Å². The Morgan fingerprint density at radius 2 is 2.37 bits per heavy atom. The minimum absolute atomic E-state index is 0.274. The molecule has 0 aliphatic carbocycles. The molecule has 0 bridgehead atoms. The number of nitrogens with one attached hydrogen (secondary N) is 1. The predicted octanol–water partition coefficient (Wildman–Crippen LogP) is 0.145. The van der Waals surface area contributed by atoms with Gasteiger partial charge in [0.1, 0.15) is 12.3 Å². The van der Waals surface area contributed by atoms with Gasteiger partial charge in [0.15, 0.2) is 11.8 Å². The molecule has 0 atom stereocenters. The zero-order valence-electron chi connectivity index (χ0n) is 10.7. The summed E-state index contributed by atoms with van der Waals surface area (Å²) < 4.78 is 5.12. The second-order valence-electron chi connectivity index (χ2n) is 3.75. The number of benzene rings is 1. The van der Waals surface area contributed by atoms with E-state index < -0.39 is 0 Å². The van der Waals surface area contributed by atoms with Crippen molar-refractivity contribution in [2.45, 2.75) is 6.54 Å². The van der Waals surface area contributed by atoms with Crippen molar-refractivity contribution < 1.29 is 4.74 Å². The number of rotatable bonds is 4. The van der Waals surface area contributed by atoms with E-state index in [4.69, 9.17) is 10.5 Å². The molecule has 0 radical (unpaired) electrons. The molecule has 1 aromatic carbocycles. The minimum atomic E-state index is 0.274. The fourth-order valence-corrected chi connectivity index (χ4v) is 1.43. The van der Waals surface area contributed by atoms with Crippen LogP contribution in [0.2, 0.25) is 0 Å². The van der Waals surface area contributed by atoms with Gasteiger partial charge < -0.3 is 15.8 Å². The van der Waals surface area contributed by atoms with E-state index in [0.29, 0.717) is 5.82 Å². The summed E-state index contributed by atoms with van der Waals surface area (Å²) in [6.07, 6.45) is 0. The zero-order valence-corrected chi connectivity index (χ0v) is 10.7. The number of hydrogen-bond donors (Lipinski definition) is 2. The van der Waals surface area contributed by atoms with E-state index in [9.17, 15) is 0 Å². The van der Waals surface area contributed by atoms with Gasteiger partial charge in [0.05, 0.1) is 14.2 Å². The van der Waals surface area contributed by atoms with E-state index in [2.05, 4.69) is 25.7 Å². The average molecular weight is 261 g/mol. The molecule has 100 valence electrons. The van der Waals surface area contributed by atoms with Gasteiger partial charge in [0, 0.05) is 11.8 Å². The van der Waals surface area contributed by atoms with Crippen LogP contribution in [-0.2, 0) is 13.6 Å². The van der Waals surface area contributed by atoms with Crippen LogP contribution in [0.5, 0.6) is 5.75 Å². The highest BCUT2D eigenvalue weighted by atomic mass is 16.5. The third-order valence-corrected chi connectivity index (χ3v) is 2.28. The number of nitrogens with zero attached hydrogens (tertiary/aromatic N) is 5. The number of anilines is 1. The molecule has 0 spiro atoms. The van der Waals surface area contributed by atoms with Crippen LogP contribution < -0.4 is 15.8 Å². The lowest BCUT2D eigenvalue weighted by Gasteiger charge is -2.06. The van der Waals surface area contributed by atoms with E-state index in [-0.39, 0.29) is 12.5 Å². The van der Waals surface area contributed by atoms with Gasteiger partial charge in [-0.25, -0.2) is 4.99 Å². The third-order valence-electron chi connectivity index (χ3n) is 2.28. The van der Waals surface area contributed by atoms with Crippen LogP contribution >= 0.6 is 0 Å². The number of tetrazole rings is 1. The number of guanidine groups is 1. The number of aromatic nitrogens is 4. The van der Waals surface area contributed by atoms with Gasteiger partial charge in [-0.05, 0) is 17.3 Å². The molecule has 0 unspecified atom stereocenters. The Morgan fingerprint density at radius 3 is 3.05 bits per heavy atom. The molecular formula is C11H15N7O. The van der Waals surface area contributed by atoms with Gasteiger partial charge in [0.2, 0.25) is 0 Å². The fourth-order valence-electron chi connectivity index (χ4n) is 1.43. The first kappa shape index (κ1) is 12.8. The smallest absolute Gasteiger partial charge is 0.196 e. The molecular weight excluding hydrogens is 246 g/mol. The Morgan fingerprint density at radius 1 is 1.53 bits per heavy atom. The van der Waals surface area contributed by atoms with Crippen LogP contribution in [-0.4, -0.2) is 33.3 Å². The van der Waals surface area contributed by atoms with E-state index >= 15 is 0 Å². The first-order chi connectivity index (χ1) is 9.17. The summed E-state index contributed by atoms with van der Waals surface area (Å²) in [5.41, 5.74) is 6.57. The first-order valence-electron chi connectivity index (χ1n) is 5.61. The summed E-state index contributed by atoms with van der Waals surface area (Å²) in [6, 6.07) is 7.40. The van der Waals surface area contributed by atoms with Gasteiger partial charge in [-0.1, -0.05) is 6.07 Å². The first-order valence-corrected chi connectivity index (χ1v) is 5.61. The van der Waals surface area contributed by atoms with Crippen molar-refractivity contribution in [3.63, 3.8) is 0 Å². The molecule has 0 saturated carbocycles. The fraction of sp³-hybridized carbons (Fsp3) is 0.273. The highest BCUT2D eigenvalue weighted by Gasteiger charge is 2.00. The lowest BCUT2D eigenvalue weighted by Crippen LogP contribution is -2.22. The second kappa shape index (κ2) is 5.80. The molecule has 0 aliphatic heterocycles. The Balaban J connectivity index is 1.97. The summed E-state index contributed by atoms with van der Waals surface area (Å²) >= 11 is 0. The van der Waals surface area contributed by atoms with Gasteiger partial charge in [0.25, 0.3) is 0 Å². The van der Waals surface area contributed by atoms with Crippen molar-refractivity contribution in [3.05, 3.63) is 30.1 Å². The van der Waals surface area contributed by atoms with Gasteiger partial charge in [-0.3, -0.25) is 0 Å². The maximum Gasteiger partial charge on any atom is 0.196 e. The van der Waals surface area contributed by atoms with Crippen molar-refractivity contribution >= 4 is 11.6 Å². The summed E-state index contributed by atoms with van der Waals surface area (Å²) in [5, 5.41) is 14.5. The molecule has 0 amide bonds. The SMILES string of the molecule is COc1cccc(NC(N)=NCc2nnn(C)n2)c1. The van der Waals surface area contributed by atoms with E-state index in [1.807, 2.05) is 24.3 Å². The minimum Gasteiger partial charge on any atom is -0.497 e. The molecule has 1 aromatic heterocycles. The highest BCUT2D eigenvalue weighted by Crippen LogP contribution is 2.16. The Labute approximate surface area is 110 Å². The Hall–Kier alpha value is -2.64. The van der Waals surface area contributed by atoms with Crippen molar-refractivity contribution in [2.24, 2.45) is 17.8 Å². The van der Waals surface area contributed by atoms with Crippen LogP contribution in [0, 0.1) is 0 Å². The van der Waals surface area contributed by atoms with Crippen molar-refractivity contribution in [1.29, 1.82) is 0 Å². The second-order valence-corrected chi connectivity index (χ2v) is 3.75. The topological polar surface area (TPSA) is 103 Å². The summed E-state index contributed by atoms with van der Waals surface area (Å²) in [6.45, 7) is 0.274. The van der Waals surface area contributed by atoms with Crippen LogP contribution in [0.15, 0.2) is 29.3 Å². The average Bonchev–Trinajstić information content (AvgIpc) is 2.82. The Kier molecular flexibility index (Phi) is 3.91. The van der Waals surface area contributed by atoms with Crippen LogP contribution in [0.25, 0.3) is 0 Å². The van der Waals surface area contributed by atoms with Crippen molar-refractivity contribution in [2.75, 3.05) is 12.4 Å². The number of ether oxygens (including phenoxy) is 1. The standard InChI is InChI=1S/C11H15N7O/c1-18-16-10(15-17-18)7-13-11(12)14-8-4-3-5-9(6-8)19-2/h3-6H,7H2,1-2H3,(H3,12,13,14). The van der Waals surface area contributed by atoms with Crippen LogP contribution in [0.1, 0.15) is 5.82 Å². The summed E-state index contributed by atoms with van der Waals surface area (Å²) in [4.78, 5) is 5.49. The predicted molar refractivity (Wildman–Crippen MR) is 70.7 cm³/mol. The molecule has 0 fully saturated rings. The number of nitrogens with two attached hydrogens (primary N) is 1. The number of aryl methyl sites for hydroxylation is 1. The maximum absolute atomic E-state index is 5.77. The molecule has 19 heavy (non-hydrogen) atoms. The Bertz CT molecular complexity index is 578. The normalized spacial score (nSPS) is 11.4. The van der Waals surface area contributed by atoms with E-state index in [1.54, 1.807) is 14.2 Å². The molecule has 8 nitrogen and oxygen atoms in total. The third kappa shape index (κ3) is 3.66. The molecule has 1 heterocycles. The lowest BCUT2D eigenvalue weighted by molar-refractivity contribution is 0.415. The lowest BCUT2D eigenvalue weighted by atomic mass is 10.3.